The van der Waals surface area contributed by atoms with Crippen molar-refractivity contribution in [1.82, 2.24) is 9.47 Å². The standard InChI is InChI=1S/C21H17IN2O2S/c1-2-23-13-15(17-5-3-4-6-18(17)23)11-19-20(25)24(21(26)27-19)12-14-7-9-16(22)10-8-14/h3-11,13H,2,12H2,1H3/b19-11-. The number of carbonyl (C=O) groups is 2. The number of para-hydroxylation sites is 1. The summed E-state index contributed by atoms with van der Waals surface area (Å²) in [6, 6.07) is 16.0. The molecule has 4 rings (SSSR count). The fourth-order valence-corrected chi connectivity index (χ4v) is 4.39. The minimum Gasteiger partial charge on any atom is -0.347 e. The van der Waals surface area contributed by atoms with E-state index in [-0.39, 0.29) is 11.1 Å². The lowest BCUT2D eigenvalue weighted by atomic mass is 10.1. The first kappa shape index (κ1) is 18.3. The summed E-state index contributed by atoms with van der Waals surface area (Å²) < 4.78 is 3.27. The highest BCUT2D eigenvalue weighted by Crippen LogP contribution is 2.35. The topological polar surface area (TPSA) is 42.3 Å². The molecule has 0 unspecified atom stereocenters. The predicted octanol–water partition coefficient (Wildman–Crippen LogP) is 5.50. The van der Waals surface area contributed by atoms with E-state index in [2.05, 4.69) is 40.1 Å². The van der Waals surface area contributed by atoms with Crippen LogP contribution in [0.25, 0.3) is 17.0 Å². The quantitative estimate of drug-likeness (QED) is 0.360. The molecule has 1 aliphatic rings. The lowest BCUT2D eigenvalue weighted by Gasteiger charge is -2.12. The first-order valence-electron chi connectivity index (χ1n) is 8.64. The number of benzene rings is 2. The van der Waals surface area contributed by atoms with Gasteiger partial charge in [-0.1, -0.05) is 30.3 Å². The Bertz CT molecular complexity index is 1070. The second-order valence-electron chi connectivity index (χ2n) is 6.28. The molecule has 0 aliphatic carbocycles. The van der Waals surface area contributed by atoms with Gasteiger partial charge in [0.2, 0.25) is 0 Å². The maximum absolute atomic E-state index is 12.8. The number of hydrogen-bond donors (Lipinski definition) is 0. The molecule has 0 bridgehead atoms. The number of aromatic nitrogens is 1. The van der Waals surface area contributed by atoms with Crippen molar-refractivity contribution in [1.29, 1.82) is 0 Å². The second kappa shape index (κ2) is 7.52. The van der Waals surface area contributed by atoms with Crippen molar-refractivity contribution in [3.05, 3.63) is 74.3 Å². The van der Waals surface area contributed by atoms with Gasteiger partial charge in [-0.15, -0.1) is 0 Å². The van der Waals surface area contributed by atoms with Gasteiger partial charge in [-0.3, -0.25) is 14.5 Å². The van der Waals surface area contributed by atoms with Crippen molar-refractivity contribution < 1.29 is 9.59 Å². The molecule has 1 aliphatic heterocycles. The molecule has 0 N–H and O–H groups in total. The highest BCUT2D eigenvalue weighted by Gasteiger charge is 2.35. The first-order valence-corrected chi connectivity index (χ1v) is 10.5. The summed E-state index contributed by atoms with van der Waals surface area (Å²) in [5.74, 6) is -0.225. The summed E-state index contributed by atoms with van der Waals surface area (Å²) >= 11 is 3.25. The van der Waals surface area contributed by atoms with Gasteiger partial charge in [0, 0.05) is 32.8 Å². The van der Waals surface area contributed by atoms with E-state index in [4.69, 9.17) is 0 Å². The van der Waals surface area contributed by atoms with Crippen molar-refractivity contribution in [3.8, 4) is 0 Å². The zero-order valence-corrected chi connectivity index (χ0v) is 17.7. The number of imide groups is 1. The van der Waals surface area contributed by atoms with E-state index < -0.39 is 0 Å². The molecule has 2 amide bonds. The predicted molar refractivity (Wildman–Crippen MR) is 118 cm³/mol. The van der Waals surface area contributed by atoms with E-state index in [9.17, 15) is 9.59 Å². The zero-order valence-electron chi connectivity index (χ0n) is 14.7. The van der Waals surface area contributed by atoms with Gasteiger partial charge < -0.3 is 4.57 Å². The number of halogens is 1. The Kier molecular flexibility index (Phi) is 5.10. The Morgan fingerprint density at radius 1 is 1.07 bits per heavy atom. The van der Waals surface area contributed by atoms with E-state index in [1.165, 1.54) is 4.90 Å². The van der Waals surface area contributed by atoms with Crippen LogP contribution in [0.1, 0.15) is 18.1 Å². The smallest absolute Gasteiger partial charge is 0.293 e. The van der Waals surface area contributed by atoms with Crippen LogP contribution in [-0.2, 0) is 17.9 Å². The number of fused-ring (bicyclic) bond motifs is 1. The SMILES string of the molecule is CCn1cc(/C=C2\SC(=O)N(Cc3ccc(I)cc3)C2=O)c2ccccc21. The van der Waals surface area contributed by atoms with Crippen molar-refractivity contribution >= 4 is 62.5 Å². The molecule has 27 heavy (non-hydrogen) atoms. The Morgan fingerprint density at radius 2 is 1.81 bits per heavy atom. The molecular formula is C21H17IN2O2S. The first-order chi connectivity index (χ1) is 13.1. The maximum atomic E-state index is 12.8. The zero-order chi connectivity index (χ0) is 19.0. The summed E-state index contributed by atoms with van der Waals surface area (Å²) in [6.45, 7) is 3.24. The van der Waals surface area contributed by atoms with E-state index >= 15 is 0 Å². The molecule has 0 radical (unpaired) electrons. The van der Waals surface area contributed by atoms with Gasteiger partial charge in [0.05, 0.1) is 11.4 Å². The molecule has 3 aromatic rings. The molecular weight excluding hydrogens is 471 g/mol. The normalized spacial score (nSPS) is 16.1. The van der Waals surface area contributed by atoms with Crippen LogP contribution in [0.2, 0.25) is 0 Å². The number of aryl methyl sites for hydroxylation is 1. The Balaban J connectivity index is 1.64. The number of thioether (sulfide) groups is 1. The molecule has 1 aromatic heterocycles. The van der Waals surface area contributed by atoms with Crippen molar-refractivity contribution in [2.75, 3.05) is 0 Å². The lowest BCUT2D eigenvalue weighted by Crippen LogP contribution is -2.27. The fraction of sp³-hybridized carbons (Fsp3) is 0.143. The van der Waals surface area contributed by atoms with Gasteiger partial charge >= 0.3 is 0 Å². The van der Waals surface area contributed by atoms with Crippen molar-refractivity contribution in [3.63, 3.8) is 0 Å². The van der Waals surface area contributed by atoms with Crippen LogP contribution < -0.4 is 0 Å². The van der Waals surface area contributed by atoms with Gasteiger partial charge in [0.25, 0.3) is 11.1 Å². The van der Waals surface area contributed by atoms with E-state index in [0.717, 1.165) is 43.9 Å². The molecule has 2 aromatic carbocycles. The molecule has 4 nitrogen and oxygen atoms in total. The number of hydrogen-bond acceptors (Lipinski definition) is 3. The third-order valence-corrected chi connectivity index (χ3v) is 6.20. The molecule has 0 saturated carbocycles. The molecule has 136 valence electrons. The van der Waals surface area contributed by atoms with E-state index in [1.807, 2.05) is 54.7 Å². The van der Waals surface area contributed by atoms with Gasteiger partial charge in [0.15, 0.2) is 0 Å². The minimum atomic E-state index is -0.225. The summed E-state index contributed by atoms with van der Waals surface area (Å²) in [6.07, 6.45) is 3.88. The Labute approximate surface area is 175 Å². The molecule has 0 spiro atoms. The van der Waals surface area contributed by atoms with Crippen LogP contribution in [0, 0.1) is 3.57 Å². The molecule has 1 fully saturated rings. The van der Waals surface area contributed by atoms with Crippen LogP contribution >= 0.6 is 34.4 Å². The van der Waals surface area contributed by atoms with Gasteiger partial charge in [-0.05, 0) is 71.1 Å². The highest BCUT2D eigenvalue weighted by molar-refractivity contribution is 14.1. The van der Waals surface area contributed by atoms with Crippen molar-refractivity contribution in [2.45, 2.75) is 20.0 Å². The van der Waals surface area contributed by atoms with E-state index in [1.54, 1.807) is 0 Å². The summed E-state index contributed by atoms with van der Waals surface area (Å²) in [4.78, 5) is 27.0. The summed E-state index contributed by atoms with van der Waals surface area (Å²) in [5.41, 5.74) is 3.04. The van der Waals surface area contributed by atoms with Crippen molar-refractivity contribution in [2.24, 2.45) is 0 Å². The minimum absolute atomic E-state index is 0.218. The number of rotatable bonds is 4. The summed E-state index contributed by atoms with van der Waals surface area (Å²) in [5, 5.41) is 0.868. The average molecular weight is 488 g/mol. The maximum Gasteiger partial charge on any atom is 0.293 e. The molecule has 2 heterocycles. The van der Waals surface area contributed by atoms with Gasteiger partial charge in [0.1, 0.15) is 0 Å². The number of nitrogens with zero attached hydrogens (tertiary/aromatic N) is 2. The van der Waals surface area contributed by atoms with Gasteiger partial charge in [-0.2, -0.15) is 0 Å². The van der Waals surface area contributed by atoms with Gasteiger partial charge in [-0.25, -0.2) is 0 Å². The number of amides is 2. The molecule has 0 atom stereocenters. The van der Waals surface area contributed by atoms with Crippen LogP contribution in [0.5, 0.6) is 0 Å². The molecule has 1 saturated heterocycles. The average Bonchev–Trinajstić information content (AvgIpc) is 3.16. The van der Waals surface area contributed by atoms with Crippen LogP contribution in [0.4, 0.5) is 4.79 Å². The largest absolute Gasteiger partial charge is 0.347 e. The number of carbonyl (C=O) groups excluding carboxylic acids is 2. The van der Waals surface area contributed by atoms with Crippen LogP contribution in [0.15, 0.2) is 59.6 Å². The Morgan fingerprint density at radius 3 is 2.56 bits per heavy atom. The third-order valence-electron chi connectivity index (χ3n) is 4.57. The second-order valence-corrected chi connectivity index (χ2v) is 8.52. The Hall–Kier alpha value is -2.06. The summed E-state index contributed by atoms with van der Waals surface area (Å²) in [7, 11) is 0. The fourth-order valence-electron chi connectivity index (χ4n) is 3.20. The van der Waals surface area contributed by atoms with Crippen LogP contribution in [0.3, 0.4) is 0 Å². The van der Waals surface area contributed by atoms with E-state index in [0.29, 0.717) is 11.4 Å². The highest BCUT2D eigenvalue weighted by atomic mass is 127. The monoisotopic (exact) mass is 488 g/mol. The van der Waals surface area contributed by atoms with Crippen LogP contribution in [-0.4, -0.2) is 20.6 Å². The lowest BCUT2D eigenvalue weighted by molar-refractivity contribution is -0.123. The molecule has 6 heteroatoms. The third kappa shape index (κ3) is 3.55.